The summed E-state index contributed by atoms with van der Waals surface area (Å²) in [6.45, 7) is 0.948. The van der Waals surface area contributed by atoms with Crippen molar-refractivity contribution in [2.75, 3.05) is 6.61 Å². The molecule has 1 aliphatic heterocycles. The van der Waals surface area contributed by atoms with Gasteiger partial charge in [-0.3, -0.25) is 9.36 Å². The molecule has 1 aliphatic rings. The molecule has 9 heteroatoms. The standard InChI is InChI=1S/C11H14N4O5/c1-11(19)8(18)6(4-16)20-9(11)14-5-13-15-7(17)2-3-12-10(14)15/h2-3,5-6,8-9,16,18-19H,4H2,1H3/t6?,8?,9?,11-/m1/s1. The SMILES string of the molecule is C[C@@]1(O)C(O)C(CO)OC1n1cnn2c(=O)ccnc12. The second-order valence-corrected chi connectivity index (χ2v) is 4.91. The van der Waals surface area contributed by atoms with Crippen LogP contribution in [0.15, 0.2) is 23.4 Å². The Bertz CT molecular complexity index is 693. The third kappa shape index (κ3) is 1.68. The Balaban J connectivity index is 2.12. The van der Waals surface area contributed by atoms with Gasteiger partial charge in [0.05, 0.1) is 6.61 Å². The number of aromatic nitrogens is 4. The van der Waals surface area contributed by atoms with Crippen LogP contribution in [0.5, 0.6) is 0 Å². The summed E-state index contributed by atoms with van der Waals surface area (Å²) in [4.78, 5) is 15.6. The highest BCUT2D eigenvalue weighted by atomic mass is 16.6. The van der Waals surface area contributed by atoms with Crippen LogP contribution < -0.4 is 5.56 Å². The van der Waals surface area contributed by atoms with Gasteiger partial charge in [0.1, 0.15) is 24.1 Å². The fraction of sp³-hybridized carbons (Fsp3) is 0.545. The second kappa shape index (κ2) is 4.35. The molecule has 2 aromatic rings. The Kier molecular flexibility index (Phi) is 2.87. The minimum atomic E-state index is -1.65. The third-order valence-corrected chi connectivity index (χ3v) is 3.51. The first-order chi connectivity index (χ1) is 9.46. The summed E-state index contributed by atoms with van der Waals surface area (Å²) in [6.07, 6.45) is -0.598. The second-order valence-electron chi connectivity index (χ2n) is 4.91. The molecule has 3 unspecified atom stereocenters. The van der Waals surface area contributed by atoms with Crippen molar-refractivity contribution in [3.63, 3.8) is 0 Å². The molecule has 0 aromatic carbocycles. The van der Waals surface area contributed by atoms with Crippen LogP contribution in [-0.2, 0) is 4.74 Å². The van der Waals surface area contributed by atoms with E-state index in [1.165, 1.54) is 30.1 Å². The van der Waals surface area contributed by atoms with E-state index in [1.54, 1.807) is 0 Å². The molecule has 3 rings (SSSR count). The van der Waals surface area contributed by atoms with Crippen LogP contribution in [0.1, 0.15) is 13.2 Å². The smallest absolute Gasteiger partial charge is 0.275 e. The van der Waals surface area contributed by atoms with Crippen molar-refractivity contribution in [3.05, 3.63) is 28.9 Å². The lowest BCUT2D eigenvalue weighted by atomic mass is 9.97. The van der Waals surface area contributed by atoms with Gasteiger partial charge in [-0.2, -0.15) is 9.61 Å². The summed E-state index contributed by atoms with van der Waals surface area (Å²) in [5, 5.41) is 33.4. The van der Waals surface area contributed by atoms with Gasteiger partial charge < -0.3 is 20.1 Å². The van der Waals surface area contributed by atoms with Crippen LogP contribution >= 0.6 is 0 Å². The van der Waals surface area contributed by atoms with Gasteiger partial charge in [-0.25, -0.2) is 4.98 Å². The molecule has 3 N–H and O–H groups in total. The number of nitrogens with zero attached hydrogens (tertiary/aromatic N) is 4. The lowest BCUT2D eigenvalue weighted by Crippen LogP contribution is -2.44. The zero-order valence-electron chi connectivity index (χ0n) is 10.6. The number of hydrogen-bond acceptors (Lipinski definition) is 7. The molecule has 4 atom stereocenters. The van der Waals surface area contributed by atoms with Gasteiger partial charge in [0.2, 0.25) is 5.78 Å². The molecular weight excluding hydrogens is 268 g/mol. The van der Waals surface area contributed by atoms with Gasteiger partial charge in [0.25, 0.3) is 5.56 Å². The number of aliphatic hydroxyl groups is 3. The van der Waals surface area contributed by atoms with Crippen molar-refractivity contribution in [2.45, 2.75) is 31.0 Å². The van der Waals surface area contributed by atoms with Crippen LogP contribution in [0.25, 0.3) is 5.78 Å². The summed E-state index contributed by atoms with van der Waals surface area (Å²) in [5.74, 6) is 0.175. The molecule has 1 fully saturated rings. The normalized spacial score (nSPS) is 33.9. The van der Waals surface area contributed by atoms with E-state index in [0.717, 1.165) is 4.52 Å². The third-order valence-electron chi connectivity index (χ3n) is 3.51. The van der Waals surface area contributed by atoms with Crippen LogP contribution in [0.3, 0.4) is 0 Å². The number of ether oxygens (including phenoxy) is 1. The molecule has 20 heavy (non-hydrogen) atoms. The largest absolute Gasteiger partial charge is 0.394 e. The summed E-state index contributed by atoms with van der Waals surface area (Å²) in [6, 6.07) is 1.25. The van der Waals surface area contributed by atoms with Crippen molar-refractivity contribution in [1.29, 1.82) is 0 Å². The van der Waals surface area contributed by atoms with Gasteiger partial charge >= 0.3 is 0 Å². The summed E-state index contributed by atoms with van der Waals surface area (Å²) >= 11 is 0. The number of aliphatic hydroxyl groups excluding tert-OH is 2. The van der Waals surface area contributed by atoms with Crippen molar-refractivity contribution < 1.29 is 20.1 Å². The number of rotatable bonds is 2. The summed E-state index contributed by atoms with van der Waals surface area (Å²) in [5.41, 5.74) is -2.02. The van der Waals surface area contributed by atoms with E-state index >= 15 is 0 Å². The van der Waals surface area contributed by atoms with E-state index in [0.29, 0.717) is 0 Å². The molecule has 9 nitrogen and oxygen atoms in total. The number of hydrogen-bond donors (Lipinski definition) is 3. The average molecular weight is 282 g/mol. The molecule has 0 amide bonds. The summed E-state index contributed by atoms with van der Waals surface area (Å²) in [7, 11) is 0. The lowest BCUT2D eigenvalue weighted by Gasteiger charge is -2.26. The van der Waals surface area contributed by atoms with Crippen molar-refractivity contribution in [2.24, 2.45) is 0 Å². The highest BCUT2D eigenvalue weighted by Gasteiger charge is 2.53. The van der Waals surface area contributed by atoms with E-state index in [1.807, 2.05) is 0 Å². The van der Waals surface area contributed by atoms with E-state index < -0.39 is 30.6 Å². The van der Waals surface area contributed by atoms with Crippen molar-refractivity contribution >= 4 is 5.78 Å². The van der Waals surface area contributed by atoms with Crippen molar-refractivity contribution in [1.82, 2.24) is 19.2 Å². The van der Waals surface area contributed by atoms with Crippen LogP contribution in [0.2, 0.25) is 0 Å². The Morgan fingerprint density at radius 3 is 2.95 bits per heavy atom. The summed E-state index contributed by atoms with van der Waals surface area (Å²) < 4.78 is 7.85. The molecule has 3 heterocycles. The molecular formula is C11H14N4O5. The van der Waals surface area contributed by atoms with Gasteiger partial charge in [0, 0.05) is 12.3 Å². The lowest BCUT2D eigenvalue weighted by molar-refractivity contribution is -0.0951. The van der Waals surface area contributed by atoms with Gasteiger partial charge in [-0.05, 0) is 6.92 Å². The quantitative estimate of drug-likeness (QED) is 0.576. The minimum absolute atomic E-state index is 0.175. The van der Waals surface area contributed by atoms with Crippen LogP contribution in [-0.4, -0.2) is 58.9 Å². The van der Waals surface area contributed by atoms with Gasteiger partial charge in [-0.15, -0.1) is 0 Å². The molecule has 108 valence electrons. The first kappa shape index (κ1) is 13.2. The fourth-order valence-electron chi connectivity index (χ4n) is 2.39. The van der Waals surface area contributed by atoms with E-state index in [-0.39, 0.29) is 11.3 Å². The first-order valence-electron chi connectivity index (χ1n) is 6.04. The Morgan fingerprint density at radius 1 is 1.55 bits per heavy atom. The minimum Gasteiger partial charge on any atom is -0.394 e. The molecule has 0 saturated carbocycles. The molecule has 2 aromatic heterocycles. The average Bonchev–Trinajstić information content (AvgIpc) is 2.92. The van der Waals surface area contributed by atoms with Gasteiger partial charge in [0.15, 0.2) is 6.23 Å². The first-order valence-corrected chi connectivity index (χ1v) is 6.04. The molecule has 0 aliphatic carbocycles. The maximum Gasteiger partial charge on any atom is 0.275 e. The molecule has 0 radical (unpaired) electrons. The highest BCUT2D eigenvalue weighted by Crippen LogP contribution is 2.38. The predicted octanol–water partition coefficient (Wildman–Crippen LogP) is -2.11. The topological polar surface area (TPSA) is 122 Å². The van der Waals surface area contributed by atoms with E-state index in [2.05, 4.69) is 10.1 Å². The van der Waals surface area contributed by atoms with Crippen LogP contribution in [0.4, 0.5) is 0 Å². The maximum absolute atomic E-state index is 11.6. The molecule has 1 saturated heterocycles. The molecule has 0 spiro atoms. The predicted molar refractivity (Wildman–Crippen MR) is 64.9 cm³/mol. The van der Waals surface area contributed by atoms with Gasteiger partial charge in [-0.1, -0.05) is 0 Å². The Morgan fingerprint density at radius 2 is 2.30 bits per heavy atom. The maximum atomic E-state index is 11.6. The number of fused-ring (bicyclic) bond motifs is 1. The van der Waals surface area contributed by atoms with E-state index in [9.17, 15) is 15.0 Å². The molecule has 0 bridgehead atoms. The van der Waals surface area contributed by atoms with Crippen molar-refractivity contribution in [3.8, 4) is 0 Å². The Hall–Kier alpha value is -1.81. The fourth-order valence-corrected chi connectivity index (χ4v) is 2.39. The van der Waals surface area contributed by atoms with Crippen LogP contribution in [0, 0.1) is 0 Å². The monoisotopic (exact) mass is 282 g/mol. The Labute approximate surface area is 112 Å². The van der Waals surface area contributed by atoms with E-state index in [4.69, 9.17) is 9.84 Å². The zero-order valence-corrected chi connectivity index (χ0v) is 10.6. The highest BCUT2D eigenvalue weighted by molar-refractivity contribution is 5.27. The zero-order chi connectivity index (χ0) is 14.5.